The van der Waals surface area contributed by atoms with Gasteiger partial charge >= 0.3 is 0 Å². The Hall–Kier alpha value is -6.48. The second-order valence-corrected chi connectivity index (χ2v) is 14.4. The first-order valence-electron chi connectivity index (χ1n) is 17.8. The molecule has 10 rings (SSSR count). The van der Waals surface area contributed by atoms with E-state index in [1.54, 1.807) is 0 Å². The van der Waals surface area contributed by atoms with Crippen LogP contribution in [0.3, 0.4) is 0 Å². The molecule has 0 aliphatic heterocycles. The third kappa shape index (κ3) is 5.24. The van der Waals surface area contributed by atoms with Crippen molar-refractivity contribution in [1.29, 1.82) is 0 Å². The molecular formula is C50H33NS. The summed E-state index contributed by atoms with van der Waals surface area (Å²) >= 11 is 1.88. The Labute approximate surface area is 307 Å². The van der Waals surface area contributed by atoms with E-state index in [0.29, 0.717) is 0 Å². The fraction of sp³-hybridized carbons (Fsp3) is 0. The molecule has 2 heteroatoms. The molecule has 0 aliphatic carbocycles. The molecule has 0 spiro atoms. The van der Waals surface area contributed by atoms with E-state index in [2.05, 4.69) is 205 Å². The first-order valence-corrected chi connectivity index (χ1v) is 18.6. The van der Waals surface area contributed by atoms with Gasteiger partial charge in [0, 0.05) is 36.9 Å². The van der Waals surface area contributed by atoms with Gasteiger partial charge in [-0.1, -0.05) is 158 Å². The third-order valence-electron chi connectivity index (χ3n) is 10.3. The molecule has 1 nitrogen and oxygen atoms in total. The molecular weight excluding hydrogens is 647 g/mol. The summed E-state index contributed by atoms with van der Waals surface area (Å²) in [4.78, 5) is 2.41. The van der Waals surface area contributed by atoms with Crippen LogP contribution in [0.15, 0.2) is 200 Å². The maximum absolute atomic E-state index is 2.41. The van der Waals surface area contributed by atoms with Crippen LogP contribution >= 0.6 is 11.3 Å². The largest absolute Gasteiger partial charge is 0.310 e. The van der Waals surface area contributed by atoms with Gasteiger partial charge in [0.05, 0.1) is 5.69 Å². The zero-order valence-corrected chi connectivity index (χ0v) is 29.2. The highest BCUT2D eigenvalue weighted by Gasteiger charge is 2.17. The molecule has 0 radical (unpaired) electrons. The van der Waals surface area contributed by atoms with Crippen molar-refractivity contribution in [2.45, 2.75) is 0 Å². The molecule has 0 amide bonds. The number of nitrogens with zero attached hydrogens (tertiary/aromatic N) is 1. The van der Waals surface area contributed by atoms with Gasteiger partial charge in [-0.3, -0.25) is 0 Å². The van der Waals surface area contributed by atoms with Crippen LogP contribution < -0.4 is 4.90 Å². The molecule has 1 heterocycles. The molecule has 9 aromatic carbocycles. The number of thiophene rings is 1. The molecule has 0 saturated heterocycles. The maximum Gasteiger partial charge on any atom is 0.0540 e. The lowest BCUT2D eigenvalue weighted by Gasteiger charge is -2.27. The van der Waals surface area contributed by atoms with E-state index in [1.807, 2.05) is 11.3 Å². The van der Waals surface area contributed by atoms with Gasteiger partial charge < -0.3 is 4.90 Å². The van der Waals surface area contributed by atoms with Crippen LogP contribution in [-0.4, -0.2) is 0 Å². The minimum absolute atomic E-state index is 1.12. The summed E-state index contributed by atoms with van der Waals surface area (Å²) in [7, 11) is 0. The topological polar surface area (TPSA) is 3.24 Å². The lowest BCUT2D eigenvalue weighted by Crippen LogP contribution is -2.10. The van der Waals surface area contributed by atoms with Gasteiger partial charge in [-0.2, -0.15) is 0 Å². The summed E-state index contributed by atoms with van der Waals surface area (Å²) in [5, 5.41) is 7.57. The summed E-state index contributed by atoms with van der Waals surface area (Å²) in [6.07, 6.45) is 0. The Kier molecular flexibility index (Phi) is 7.41. The van der Waals surface area contributed by atoms with Gasteiger partial charge in [-0.25, -0.2) is 0 Å². The molecule has 0 bridgehead atoms. The number of anilines is 3. The van der Waals surface area contributed by atoms with E-state index < -0.39 is 0 Å². The van der Waals surface area contributed by atoms with Gasteiger partial charge in [-0.05, 0) is 92.0 Å². The molecule has 244 valence electrons. The SMILES string of the molecule is c1ccc(-c2cccc3c2sc2ccc(-c4cccc(N(c5ccc(-c6cccc7ccccc67)cc5)c5cccc6ccccc56)c4)cc23)cc1. The molecule has 0 aliphatic rings. The second-order valence-electron chi connectivity index (χ2n) is 13.3. The normalized spacial score (nSPS) is 11.5. The van der Waals surface area contributed by atoms with Crippen LogP contribution in [-0.2, 0) is 0 Å². The van der Waals surface area contributed by atoms with Crippen molar-refractivity contribution in [3.05, 3.63) is 200 Å². The molecule has 0 fully saturated rings. The highest BCUT2D eigenvalue weighted by atomic mass is 32.1. The smallest absolute Gasteiger partial charge is 0.0540 e. The van der Waals surface area contributed by atoms with Gasteiger partial charge in [0.25, 0.3) is 0 Å². The number of rotatable bonds is 6. The Balaban J connectivity index is 1.10. The van der Waals surface area contributed by atoms with Crippen LogP contribution in [0.1, 0.15) is 0 Å². The highest BCUT2D eigenvalue weighted by molar-refractivity contribution is 7.26. The van der Waals surface area contributed by atoms with Crippen LogP contribution in [0.25, 0.3) is 75.1 Å². The fourth-order valence-corrected chi connectivity index (χ4v) is 8.96. The summed E-state index contributed by atoms with van der Waals surface area (Å²) in [5.74, 6) is 0. The number of hydrogen-bond donors (Lipinski definition) is 0. The fourth-order valence-electron chi connectivity index (χ4n) is 7.75. The van der Waals surface area contributed by atoms with Gasteiger partial charge in [0.15, 0.2) is 0 Å². The first kappa shape index (κ1) is 30.4. The quantitative estimate of drug-likeness (QED) is 0.169. The lowest BCUT2D eigenvalue weighted by molar-refractivity contribution is 1.30. The summed E-state index contributed by atoms with van der Waals surface area (Å²) in [5.41, 5.74) is 10.8. The van der Waals surface area contributed by atoms with Crippen molar-refractivity contribution in [3.8, 4) is 33.4 Å². The molecule has 10 aromatic rings. The zero-order chi connectivity index (χ0) is 34.4. The predicted octanol–water partition coefficient (Wildman–Crippen LogP) is 14.8. The number of hydrogen-bond acceptors (Lipinski definition) is 2. The van der Waals surface area contributed by atoms with Crippen LogP contribution in [0.5, 0.6) is 0 Å². The summed E-state index contributed by atoms with van der Waals surface area (Å²) in [6.45, 7) is 0. The third-order valence-corrected chi connectivity index (χ3v) is 11.5. The van der Waals surface area contributed by atoms with Gasteiger partial charge in [0.2, 0.25) is 0 Å². The van der Waals surface area contributed by atoms with E-state index in [-0.39, 0.29) is 0 Å². The average molecular weight is 680 g/mol. The molecule has 0 N–H and O–H groups in total. The summed E-state index contributed by atoms with van der Waals surface area (Å²) in [6, 6.07) is 72.9. The Bertz CT molecular complexity index is 2890. The Morgan fingerprint density at radius 1 is 0.327 bits per heavy atom. The first-order chi connectivity index (χ1) is 25.8. The molecule has 0 atom stereocenters. The standard InChI is InChI=1S/C50H33NS/c1-2-12-36(13-3-1)45-23-11-24-46-47-33-39(28-31-49(47)52-50(45)46)38-18-8-19-41(32-38)51(48-25-10-17-35-15-5-7-21-44(35)48)40-29-26-37(27-30-40)43-22-9-16-34-14-4-6-20-42(34)43/h1-33H. The van der Waals surface area contributed by atoms with E-state index in [9.17, 15) is 0 Å². The number of benzene rings is 9. The maximum atomic E-state index is 2.41. The minimum Gasteiger partial charge on any atom is -0.310 e. The van der Waals surface area contributed by atoms with Crippen molar-refractivity contribution >= 4 is 70.1 Å². The van der Waals surface area contributed by atoms with E-state index in [0.717, 1.165) is 17.1 Å². The van der Waals surface area contributed by atoms with E-state index >= 15 is 0 Å². The monoisotopic (exact) mass is 679 g/mol. The Morgan fingerprint density at radius 3 is 1.75 bits per heavy atom. The molecule has 52 heavy (non-hydrogen) atoms. The van der Waals surface area contributed by atoms with Crippen molar-refractivity contribution < 1.29 is 0 Å². The Morgan fingerprint density at radius 2 is 0.904 bits per heavy atom. The van der Waals surface area contributed by atoms with E-state index in [1.165, 1.54) is 75.1 Å². The van der Waals surface area contributed by atoms with Crippen LogP contribution in [0, 0.1) is 0 Å². The second kappa shape index (κ2) is 12.7. The van der Waals surface area contributed by atoms with Crippen LogP contribution in [0.4, 0.5) is 17.1 Å². The molecule has 1 aromatic heterocycles. The predicted molar refractivity (Wildman–Crippen MR) is 225 cm³/mol. The summed E-state index contributed by atoms with van der Waals surface area (Å²) < 4.78 is 2.64. The van der Waals surface area contributed by atoms with E-state index in [4.69, 9.17) is 0 Å². The molecule has 0 unspecified atom stereocenters. The van der Waals surface area contributed by atoms with Gasteiger partial charge in [-0.15, -0.1) is 11.3 Å². The van der Waals surface area contributed by atoms with Crippen LogP contribution in [0.2, 0.25) is 0 Å². The lowest BCUT2D eigenvalue weighted by atomic mass is 9.97. The molecule has 0 saturated carbocycles. The van der Waals surface area contributed by atoms with Crippen molar-refractivity contribution in [2.24, 2.45) is 0 Å². The average Bonchev–Trinajstić information content (AvgIpc) is 3.60. The van der Waals surface area contributed by atoms with Gasteiger partial charge in [0.1, 0.15) is 0 Å². The van der Waals surface area contributed by atoms with Crippen molar-refractivity contribution in [3.63, 3.8) is 0 Å². The van der Waals surface area contributed by atoms with Crippen molar-refractivity contribution in [1.82, 2.24) is 0 Å². The number of fused-ring (bicyclic) bond motifs is 5. The van der Waals surface area contributed by atoms with Crippen molar-refractivity contribution in [2.75, 3.05) is 4.90 Å². The highest BCUT2D eigenvalue weighted by Crippen LogP contribution is 2.44. The zero-order valence-electron chi connectivity index (χ0n) is 28.4. The minimum atomic E-state index is 1.12.